The molecule has 4 rings (SSSR count). The number of thiazole rings is 1. The van der Waals surface area contributed by atoms with Gasteiger partial charge >= 0.3 is 0 Å². The number of fused-ring (bicyclic) bond motifs is 1. The van der Waals surface area contributed by atoms with E-state index in [-0.39, 0.29) is 11.9 Å². The molecule has 136 valence electrons. The number of carbonyl (C=O) groups is 1. The van der Waals surface area contributed by atoms with E-state index in [0.717, 1.165) is 55.6 Å². The van der Waals surface area contributed by atoms with E-state index >= 15 is 0 Å². The Balaban J connectivity index is 1.48. The molecule has 0 bridgehead atoms. The van der Waals surface area contributed by atoms with Crippen LogP contribution in [0.2, 0.25) is 0 Å². The number of nitrogens with one attached hydrogen (secondary N) is 2. The fourth-order valence-corrected chi connectivity index (χ4v) is 5.55. The van der Waals surface area contributed by atoms with Crippen molar-refractivity contribution in [2.24, 2.45) is 0 Å². The van der Waals surface area contributed by atoms with Crippen LogP contribution in [0.25, 0.3) is 10.2 Å². The summed E-state index contributed by atoms with van der Waals surface area (Å²) < 4.78 is 1.21. The SMILES string of the molecule is N#CC1(NC(=O)C[NH+]2CCCC[C@@H]2c2nc3ccccc3s2)CCCC1. The van der Waals surface area contributed by atoms with Crippen LogP contribution in [-0.2, 0) is 4.79 Å². The van der Waals surface area contributed by atoms with Crippen molar-refractivity contribution in [1.82, 2.24) is 10.3 Å². The minimum atomic E-state index is -0.627. The Morgan fingerprint density at radius 2 is 2.12 bits per heavy atom. The second-order valence-corrected chi connectivity index (χ2v) is 8.66. The lowest BCUT2D eigenvalue weighted by atomic mass is 9.99. The van der Waals surface area contributed by atoms with Crippen LogP contribution >= 0.6 is 11.3 Å². The van der Waals surface area contributed by atoms with Gasteiger partial charge in [0.25, 0.3) is 5.91 Å². The van der Waals surface area contributed by atoms with Crippen molar-refractivity contribution < 1.29 is 9.69 Å². The topological polar surface area (TPSA) is 70.2 Å². The first-order chi connectivity index (χ1) is 12.7. The lowest BCUT2D eigenvalue weighted by Gasteiger charge is -2.32. The van der Waals surface area contributed by atoms with Gasteiger partial charge in [-0.3, -0.25) is 4.79 Å². The van der Waals surface area contributed by atoms with E-state index in [1.165, 1.54) is 16.0 Å². The summed E-state index contributed by atoms with van der Waals surface area (Å²) in [7, 11) is 0. The second-order valence-electron chi connectivity index (χ2n) is 7.60. The standard InChI is InChI=1S/C20H24N4OS/c21-14-20(10-4-5-11-20)23-18(25)13-24-12-6-3-8-16(24)19-22-15-7-1-2-9-17(15)26-19/h1-2,7,9,16H,3-6,8,10-13H2,(H,23,25)/p+1/t16-/m1/s1. The average molecular weight is 370 g/mol. The molecule has 2 aliphatic rings. The third kappa shape index (κ3) is 3.46. The molecule has 1 aromatic heterocycles. The van der Waals surface area contributed by atoms with Crippen LogP contribution in [0.15, 0.2) is 24.3 Å². The summed E-state index contributed by atoms with van der Waals surface area (Å²) in [6, 6.07) is 10.9. The number of rotatable bonds is 4. The second kappa shape index (κ2) is 7.34. The molecule has 2 aromatic rings. The fourth-order valence-electron chi connectivity index (χ4n) is 4.39. The Morgan fingerprint density at radius 3 is 2.88 bits per heavy atom. The molecular weight excluding hydrogens is 344 g/mol. The van der Waals surface area contributed by atoms with Gasteiger partial charge in [0.1, 0.15) is 11.6 Å². The summed E-state index contributed by atoms with van der Waals surface area (Å²) in [6.45, 7) is 1.43. The summed E-state index contributed by atoms with van der Waals surface area (Å²) in [6.07, 6.45) is 7.03. The number of piperidine rings is 1. The number of para-hydroxylation sites is 1. The number of hydrogen-bond donors (Lipinski definition) is 2. The average Bonchev–Trinajstić information content (AvgIpc) is 3.29. The highest BCUT2D eigenvalue weighted by Crippen LogP contribution is 2.30. The number of hydrogen-bond acceptors (Lipinski definition) is 4. The van der Waals surface area contributed by atoms with Crippen LogP contribution in [0.1, 0.15) is 56.0 Å². The van der Waals surface area contributed by atoms with Gasteiger partial charge in [-0.1, -0.05) is 12.1 Å². The Labute approximate surface area is 158 Å². The number of carbonyl (C=O) groups excluding carboxylic acids is 1. The molecule has 1 unspecified atom stereocenters. The third-order valence-electron chi connectivity index (χ3n) is 5.78. The zero-order chi connectivity index (χ0) is 18.0. The van der Waals surface area contributed by atoms with Crippen molar-refractivity contribution in [3.63, 3.8) is 0 Å². The predicted molar refractivity (Wildman–Crippen MR) is 102 cm³/mol. The smallest absolute Gasteiger partial charge is 0.276 e. The fraction of sp³-hybridized carbons (Fsp3) is 0.550. The molecule has 6 heteroatoms. The van der Waals surface area contributed by atoms with Crippen LogP contribution in [0.3, 0.4) is 0 Å². The summed E-state index contributed by atoms with van der Waals surface area (Å²) in [4.78, 5) is 18.8. The summed E-state index contributed by atoms with van der Waals surface area (Å²) in [5, 5.41) is 13.7. The zero-order valence-corrected chi connectivity index (χ0v) is 15.8. The molecule has 1 aromatic carbocycles. The molecule has 1 aliphatic heterocycles. The zero-order valence-electron chi connectivity index (χ0n) is 15.0. The van der Waals surface area contributed by atoms with Crippen molar-refractivity contribution in [1.29, 1.82) is 5.26 Å². The Morgan fingerprint density at radius 1 is 1.31 bits per heavy atom. The molecule has 1 saturated carbocycles. The molecule has 2 fully saturated rings. The van der Waals surface area contributed by atoms with Gasteiger partial charge in [0.15, 0.2) is 11.6 Å². The van der Waals surface area contributed by atoms with Crippen LogP contribution in [-0.4, -0.2) is 29.5 Å². The van der Waals surface area contributed by atoms with Crippen molar-refractivity contribution in [2.45, 2.75) is 56.5 Å². The number of nitrogens with zero attached hydrogens (tertiary/aromatic N) is 2. The van der Waals surface area contributed by atoms with Crippen molar-refractivity contribution >= 4 is 27.5 Å². The highest BCUT2D eigenvalue weighted by molar-refractivity contribution is 7.18. The van der Waals surface area contributed by atoms with Gasteiger partial charge in [0.05, 0.1) is 22.8 Å². The number of aromatic nitrogens is 1. The summed E-state index contributed by atoms with van der Waals surface area (Å²) in [5.41, 5.74) is 0.425. The van der Waals surface area contributed by atoms with Gasteiger partial charge in [-0.05, 0) is 50.7 Å². The number of amides is 1. The van der Waals surface area contributed by atoms with E-state index in [9.17, 15) is 10.1 Å². The van der Waals surface area contributed by atoms with Gasteiger partial charge in [-0.25, -0.2) is 4.98 Å². The van der Waals surface area contributed by atoms with Gasteiger partial charge in [-0.2, -0.15) is 5.26 Å². The first kappa shape index (κ1) is 17.4. The number of likely N-dealkylation sites (tertiary alicyclic amines) is 1. The highest BCUT2D eigenvalue weighted by atomic mass is 32.1. The van der Waals surface area contributed by atoms with Gasteiger partial charge in [-0.15, -0.1) is 11.3 Å². The Kier molecular flexibility index (Phi) is 4.92. The van der Waals surface area contributed by atoms with E-state index < -0.39 is 5.54 Å². The monoisotopic (exact) mass is 369 g/mol. The molecule has 2 atom stereocenters. The van der Waals surface area contributed by atoms with E-state index in [1.807, 2.05) is 12.1 Å². The molecule has 26 heavy (non-hydrogen) atoms. The molecule has 1 amide bonds. The van der Waals surface area contributed by atoms with Crippen LogP contribution in [0.4, 0.5) is 0 Å². The van der Waals surface area contributed by atoms with E-state index in [1.54, 1.807) is 11.3 Å². The molecular formula is C20H25N4OS+. The molecule has 2 N–H and O–H groups in total. The number of nitriles is 1. The molecule has 0 spiro atoms. The van der Waals surface area contributed by atoms with Gasteiger partial charge in [0.2, 0.25) is 0 Å². The maximum absolute atomic E-state index is 12.7. The van der Waals surface area contributed by atoms with E-state index in [0.29, 0.717) is 6.54 Å². The summed E-state index contributed by atoms with van der Waals surface area (Å²) in [5.74, 6) is 0.0106. The van der Waals surface area contributed by atoms with E-state index in [4.69, 9.17) is 4.98 Å². The number of benzene rings is 1. The lowest BCUT2D eigenvalue weighted by molar-refractivity contribution is -0.929. The van der Waals surface area contributed by atoms with Crippen molar-refractivity contribution in [3.05, 3.63) is 29.3 Å². The van der Waals surface area contributed by atoms with Crippen LogP contribution < -0.4 is 10.2 Å². The normalized spacial score (nSPS) is 25.0. The Bertz CT molecular complexity index is 801. The van der Waals surface area contributed by atoms with Crippen LogP contribution in [0, 0.1) is 11.3 Å². The van der Waals surface area contributed by atoms with Crippen molar-refractivity contribution in [2.75, 3.05) is 13.1 Å². The van der Waals surface area contributed by atoms with Gasteiger partial charge in [0, 0.05) is 6.42 Å². The van der Waals surface area contributed by atoms with E-state index in [2.05, 4.69) is 23.5 Å². The van der Waals surface area contributed by atoms with Crippen LogP contribution in [0.5, 0.6) is 0 Å². The predicted octanol–water partition coefficient (Wildman–Crippen LogP) is 2.36. The Hall–Kier alpha value is -1.97. The quantitative estimate of drug-likeness (QED) is 0.869. The van der Waals surface area contributed by atoms with Crippen molar-refractivity contribution in [3.8, 4) is 6.07 Å². The first-order valence-corrected chi connectivity index (χ1v) is 10.4. The number of quaternary nitrogens is 1. The molecule has 1 saturated heterocycles. The first-order valence-electron chi connectivity index (χ1n) is 9.61. The largest absolute Gasteiger partial charge is 0.333 e. The lowest BCUT2D eigenvalue weighted by Crippen LogP contribution is -3.14. The maximum atomic E-state index is 12.7. The van der Waals surface area contributed by atoms with Gasteiger partial charge < -0.3 is 10.2 Å². The molecule has 1 aliphatic carbocycles. The maximum Gasteiger partial charge on any atom is 0.276 e. The molecule has 0 radical (unpaired) electrons. The third-order valence-corrected chi connectivity index (χ3v) is 6.93. The molecule has 2 heterocycles. The highest BCUT2D eigenvalue weighted by Gasteiger charge is 2.38. The minimum Gasteiger partial charge on any atom is -0.333 e. The molecule has 5 nitrogen and oxygen atoms in total. The summed E-state index contributed by atoms with van der Waals surface area (Å²) >= 11 is 1.76. The minimum absolute atomic E-state index is 0.0106.